The van der Waals surface area contributed by atoms with Gasteiger partial charge in [-0.1, -0.05) is 18.2 Å². The minimum atomic E-state index is -0.734. The molecular formula is C14H13F2NO. The predicted octanol–water partition coefficient (Wildman–Crippen LogP) is 3.12. The SMILES string of the molecule is O=C(Nc1c(F)cccc1F)C1CC2C=CC1C2. The van der Waals surface area contributed by atoms with E-state index < -0.39 is 11.6 Å². The Hall–Kier alpha value is -1.71. The number of hydrogen-bond acceptors (Lipinski definition) is 1. The molecule has 0 aliphatic heterocycles. The van der Waals surface area contributed by atoms with E-state index in [1.54, 1.807) is 0 Å². The van der Waals surface area contributed by atoms with Gasteiger partial charge in [-0.15, -0.1) is 0 Å². The van der Waals surface area contributed by atoms with E-state index in [2.05, 4.69) is 11.4 Å². The molecule has 1 amide bonds. The highest BCUT2D eigenvalue weighted by Gasteiger charge is 2.40. The van der Waals surface area contributed by atoms with Gasteiger partial charge in [0.2, 0.25) is 5.91 Å². The molecule has 3 unspecified atom stereocenters. The Morgan fingerprint density at radius 2 is 1.89 bits per heavy atom. The van der Waals surface area contributed by atoms with Crippen molar-refractivity contribution in [2.24, 2.45) is 17.8 Å². The summed E-state index contributed by atoms with van der Waals surface area (Å²) in [6.45, 7) is 0. The van der Waals surface area contributed by atoms with Gasteiger partial charge in [-0.3, -0.25) is 4.79 Å². The number of para-hydroxylation sites is 1. The van der Waals surface area contributed by atoms with Crippen LogP contribution in [0.4, 0.5) is 14.5 Å². The quantitative estimate of drug-likeness (QED) is 0.802. The normalized spacial score (nSPS) is 28.7. The fraction of sp³-hybridized carbons (Fsp3) is 0.357. The summed E-state index contributed by atoms with van der Waals surface area (Å²) in [5.41, 5.74) is -0.339. The van der Waals surface area contributed by atoms with Crippen LogP contribution in [0.2, 0.25) is 0 Å². The van der Waals surface area contributed by atoms with E-state index in [4.69, 9.17) is 0 Å². The van der Waals surface area contributed by atoms with E-state index in [1.165, 1.54) is 6.07 Å². The average molecular weight is 249 g/mol. The van der Waals surface area contributed by atoms with E-state index in [1.807, 2.05) is 6.08 Å². The standard InChI is InChI=1S/C14H13F2NO/c15-11-2-1-3-12(16)13(11)17-14(18)10-7-8-4-5-9(10)6-8/h1-5,8-10H,6-7H2,(H,17,18). The number of rotatable bonds is 2. The maximum atomic E-state index is 13.4. The summed E-state index contributed by atoms with van der Waals surface area (Å²) in [4.78, 5) is 12.0. The largest absolute Gasteiger partial charge is 0.321 e. The third kappa shape index (κ3) is 1.82. The van der Waals surface area contributed by atoms with Gasteiger partial charge in [0.15, 0.2) is 0 Å². The number of carbonyl (C=O) groups excluding carboxylic acids is 1. The van der Waals surface area contributed by atoms with Crippen molar-refractivity contribution in [3.8, 4) is 0 Å². The van der Waals surface area contributed by atoms with Crippen LogP contribution in [0, 0.1) is 29.4 Å². The van der Waals surface area contributed by atoms with Crippen LogP contribution < -0.4 is 5.32 Å². The Labute approximate surface area is 104 Å². The Morgan fingerprint density at radius 1 is 1.17 bits per heavy atom. The highest BCUT2D eigenvalue weighted by molar-refractivity contribution is 5.93. The minimum absolute atomic E-state index is 0.154. The Balaban J connectivity index is 1.77. The zero-order chi connectivity index (χ0) is 12.7. The van der Waals surface area contributed by atoms with Crippen molar-refractivity contribution < 1.29 is 13.6 Å². The number of carbonyl (C=O) groups is 1. The maximum absolute atomic E-state index is 13.4. The summed E-state index contributed by atoms with van der Waals surface area (Å²) in [7, 11) is 0. The average Bonchev–Trinajstić information content (AvgIpc) is 2.96. The molecule has 1 fully saturated rings. The maximum Gasteiger partial charge on any atom is 0.228 e. The van der Waals surface area contributed by atoms with E-state index in [-0.39, 0.29) is 23.4 Å². The number of hydrogen-bond donors (Lipinski definition) is 1. The van der Waals surface area contributed by atoms with Gasteiger partial charge in [0.1, 0.15) is 17.3 Å². The molecule has 0 spiro atoms. The molecule has 18 heavy (non-hydrogen) atoms. The minimum Gasteiger partial charge on any atom is -0.321 e. The monoisotopic (exact) mass is 249 g/mol. The lowest BCUT2D eigenvalue weighted by atomic mass is 9.93. The predicted molar refractivity (Wildman–Crippen MR) is 63.8 cm³/mol. The van der Waals surface area contributed by atoms with Crippen molar-refractivity contribution in [3.63, 3.8) is 0 Å². The van der Waals surface area contributed by atoms with Gasteiger partial charge in [-0.05, 0) is 36.8 Å². The van der Waals surface area contributed by atoms with E-state index in [0.717, 1.165) is 25.0 Å². The van der Waals surface area contributed by atoms with Crippen molar-refractivity contribution >= 4 is 11.6 Å². The molecule has 2 aliphatic carbocycles. The van der Waals surface area contributed by atoms with Crippen LogP contribution in [0.3, 0.4) is 0 Å². The van der Waals surface area contributed by atoms with Gasteiger partial charge in [-0.2, -0.15) is 0 Å². The number of benzene rings is 1. The van der Waals surface area contributed by atoms with Crippen LogP contribution in [0.25, 0.3) is 0 Å². The Kier molecular flexibility index (Phi) is 2.65. The van der Waals surface area contributed by atoms with Crippen molar-refractivity contribution in [2.45, 2.75) is 12.8 Å². The van der Waals surface area contributed by atoms with Crippen LogP contribution >= 0.6 is 0 Å². The lowest BCUT2D eigenvalue weighted by molar-refractivity contribution is -0.120. The first-order chi connectivity index (χ1) is 8.65. The molecule has 4 heteroatoms. The molecule has 2 bridgehead atoms. The fourth-order valence-corrected chi connectivity index (χ4v) is 2.92. The van der Waals surface area contributed by atoms with Crippen LogP contribution in [0.1, 0.15) is 12.8 Å². The number of allylic oxidation sites excluding steroid dienone is 2. The zero-order valence-corrected chi connectivity index (χ0v) is 9.70. The third-order valence-corrected chi connectivity index (χ3v) is 3.83. The molecule has 0 radical (unpaired) electrons. The molecule has 94 valence electrons. The van der Waals surface area contributed by atoms with Crippen molar-refractivity contribution in [3.05, 3.63) is 42.0 Å². The Bertz CT molecular complexity index is 506. The summed E-state index contributed by atoms with van der Waals surface area (Å²) in [6.07, 6.45) is 5.93. The summed E-state index contributed by atoms with van der Waals surface area (Å²) >= 11 is 0. The van der Waals surface area contributed by atoms with Crippen LogP contribution in [0.5, 0.6) is 0 Å². The molecule has 2 aliphatic rings. The van der Waals surface area contributed by atoms with Crippen molar-refractivity contribution in [2.75, 3.05) is 5.32 Å². The summed E-state index contributed by atoms with van der Waals surface area (Å²) in [5, 5.41) is 2.38. The smallest absolute Gasteiger partial charge is 0.228 e. The molecule has 1 N–H and O–H groups in total. The van der Waals surface area contributed by atoms with E-state index in [0.29, 0.717) is 5.92 Å². The molecule has 3 rings (SSSR count). The number of halogens is 2. The summed E-state index contributed by atoms with van der Waals surface area (Å²) < 4.78 is 26.8. The third-order valence-electron chi connectivity index (χ3n) is 3.83. The zero-order valence-electron chi connectivity index (χ0n) is 9.70. The number of nitrogens with one attached hydrogen (secondary N) is 1. The molecule has 1 aromatic carbocycles. The summed E-state index contributed by atoms with van der Waals surface area (Å²) in [6, 6.07) is 3.55. The second kappa shape index (κ2) is 4.19. The van der Waals surface area contributed by atoms with E-state index >= 15 is 0 Å². The first-order valence-electron chi connectivity index (χ1n) is 6.08. The number of anilines is 1. The summed E-state index contributed by atoms with van der Waals surface area (Å²) in [5.74, 6) is -1.22. The van der Waals surface area contributed by atoms with Gasteiger partial charge < -0.3 is 5.32 Å². The molecular weight excluding hydrogens is 236 g/mol. The highest BCUT2D eigenvalue weighted by atomic mass is 19.1. The van der Waals surface area contributed by atoms with Crippen LogP contribution in [0.15, 0.2) is 30.4 Å². The second-order valence-electron chi connectivity index (χ2n) is 4.97. The molecule has 1 aromatic rings. The van der Waals surface area contributed by atoms with E-state index in [9.17, 15) is 13.6 Å². The molecule has 3 atom stereocenters. The van der Waals surface area contributed by atoms with Crippen molar-refractivity contribution in [1.82, 2.24) is 0 Å². The second-order valence-corrected chi connectivity index (χ2v) is 4.97. The lowest BCUT2D eigenvalue weighted by Gasteiger charge is -2.18. The lowest BCUT2D eigenvalue weighted by Crippen LogP contribution is -2.26. The first kappa shape index (κ1) is 11.4. The van der Waals surface area contributed by atoms with Crippen LogP contribution in [-0.4, -0.2) is 5.91 Å². The topological polar surface area (TPSA) is 29.1 Å². The molecule has 1 saturated carbocycles. The molecule has 0 aromatic heterocycles. The molecule has 2 nitrogen and oxygen atoms in total. The van der Waals surface area contributed by atoms with Gasteiger partial charge in [0.25, 0.3) is 0 Å². The molecule has 0 heterocycles. The first-order valence-corrected chi connectivity index (χ1v) is 6.08. The van der Waals surface area contributed by atoms with Gasteiger partial charge in [0.05, 0.1) is 0 Å². The van der Waals surface area contributed by atoms with Gasteiger partial charge in [0, 0.05) is 5.92 Å². The van der Waals surface area contributed by atoms with Gasteiger partial charge >= 0.3 is 0 Å². The van der Waals surface area contributed by atoms with Gasteiger partial charge in [-0.25, -0.2) is 8.78 Å². The van der Waals surface area contributed by atoms with Crippen LogP contribution in [-0.2, 0) is 4.79 Å². The Morgan fingerprint density at radius 3 is 2.44 bits per heavy atom. The number of amides is 1. The van der Waals surface area contributed by atoms with Crippen molar-refractivity contribution in [1.29, 1.82) is 0 Å². The molecule has 0 saturated heterocycles. The highest BCUT2D eigenvalue weighted by Crippen LogP contribution is 2.43. The fourth-order valence-electron chi connectivity index (χ4n) is 2.92. The number of fused-ring (bicyclic) bond motifs is 2.